The summed E-state index contributed by atoms with van der Waals surface area (Å²) in [5, 5.41) is 21.9. The summed E-state index contributed by atoms with van der Waals surface area (Å²) >= 11 is 0. The zero-order valence-electron chi connectivity index (χ0n) is 55.1. The summed E-state index contributed by atoms with van der Waals surface area (Å²) in [6, 6.07) is 18.9. The van der Waals surface area contributed by atoms with Crippen LogP contribution in [0.2, 0.25) is 0 Å². The van der Waals surface area contributed by atoms with E-state index in [4.69, 9.17) is 47.4 Å². The van der Waals surface area contributed by atoms with Gasteiger partial charge < -0.3 is 73.7 Å². The number of aliphatic hydroxyl groups excluding tert-OH is 1. The van der Waals surface area contributed by atoms with Crippen molar-refractivity contribution in [2.75, 3.05) is 59.4 Å². The second kappa shape index (κ2) is 34.8. The van der Waals surface area contributed by atoms with Crippen LogP contribution in [0.25, 0.3) is 0 Å². The monoisotopic (exact) mass is 1260 g/mol. The molecule has 0 saturated heterocycles. The number of nitrogens with one attached hydrogen (secondary N) is 4. The number of alkyl carbamates (subject to hydrolysis) is 1. The van der Waals surface area contributed by atoms with Crippen LogP contribution in [0.5, 0.6) is 11.5 Å². The van der Waals surface area contributed by atoms with E-state index in [2.05, 4.69) is 46.4 Å². The van der Waals surface area contributed by atoms with E-state index >= 15 is 0 Å². The number of carbonyl (C=O) groups is 6. The van der Waals surface area contributed by atoms with E-state index in [1.807, 2.05) is 42.5 Å². The lowest BCUT2D eigenvalue weighted by molar-refractivity contribution is -0.180. The number of urea groups is 1. The van der Waals surface area contributed by atoms with Crippen LogP contribution in [0.1, 0.15) is 169 Å². The number of esters is 3. The number of hydrogen-bond acceptors (Lipinski definition) is 17. The highest BCUT2D eigenvalue weighted by atomic mass is 16.6. The first-order chi connectivity index (χ1) is 42.6. The highest BCUT2D eigenvalue weighted by Crippen LogP contribution is 2.61. The fraction of sp³-hybridized carbons (Fsp3) is 0.652. The number of ether oxygens (including phenoxy) is 10. The average molecular weight is 1260 g/mol. The number of carbonyl (C=O) groups excluding carboxylic acids is 6. The van der Waals surface area contributed by atoms with Gasteiger partial charge in [0.05, 0.1) is 51.3 Å². The Balaban J connectivity index is 0.880. The van der Waals surface area contributed by atoms with Gasteiger partial charge in [-0.05, 0) is 191 Å². The third kappa shape index (κ3) is 24.9. The summed E-state index contributed by atoms with van der Waals surface area (Å²) in [4.78, 5) is 78.2. The third-order valence-electron chi connectivity index (χ3n) is 16.3. The van der Waals surface area contributed by atoms with Gasteiger partial charge in [-0.2, -0.15) is 0 Å². The molecule has 6 rings (SSSR count). The number of rotatable bonds is 34. The second-order valence-corrected chi connectivity index (χ2v) is 27.0. The fourth-order valence-electron chi connectivity index (χ4n) is 12.2. The normalized spacial score (nSPS) is 20.1. The summed E-state index contributed by atoms with van der Waals surface area (Å²) in [6.45, 7) is 22.8. The maximum absolute atomic E-state index is 13.8. The lowest BCUT2D eigenvalue weighted by atomic mass is 9.55. The molecule has 21 heteroatoms. The van der Waals surface area contributed by atoms with E-state index in [1.165, 1.54) is 18.1 Å². The molecule has 2 saturated carbocycles. The predicted octanol–water partition coefficient (Wildman–Crippen LogP) is 9.74. The van der Waals surface area contributed by atoms with Gasteiger partial charge in [0.2, 0.25) is 5.91 Å². The van der Waals surface area contributed by atoms with Gasteiger partial charge in [-0.25, -0.2) is 14.4 Å². The van der Waals surface area contributed by atoms with E-state index < -0.39 is 71.2 Å². The number of amides is 4. The molecule has 3 aromatic rings. The average Bonchev–Trinajstić information content (AvgIpc) is 1.46. The summed E-state index contributed by atoms with van der Waals surface area (Å²) in [7, 11) is 0. The van der Waals surface area contributed by atoms with Crippen LogP contribution in [-0.2, 0) is 76.5 Å². The van der Waals surface area contributed by atoms with Crippen LogP contribution in [0.3, 0.4) is 0 Å². The van der Waals surface area contributed by atoms with E-state index in [0.29, 0.717) is 89.2 Å². The molecular formula is C69H102N4O17. The topological polar surface area (TPSA) is 263 Å². The van der Waals surface area contributed by atoms with Crippen molar-refractivity contribution in [3.63, 3.8) is 0 Å². The number of benzene rings is 3. The quantitative estimate of drug-likeness (QED) is 0.0161. The van der Waals surface area contributed by atoms with E-state index in [0.717, 1.165) is 55.4 Å². The van der Waals surface area contributed by atoms with E-state index in [9.17, 15) is 33.9 Å². The molecule has 0 aromatic heterocycles. The first-order valence-electron chi connectivity index (χ1n) is 32.1. The number of hydrogen-bond donors (Lipinski definition) is 5. The molecule has 4 amide bonds. The van der Waals surface area contributed by atoms with Crippen molar-refractivity contribution in [3.8, 4) is 11.5 Å². The Hall–Kier alpha value is -6.52. The van der Waals surface area contributed by atoms with Gasteiger partial charge in [-0.1, -0.05) is 55.5 Å². The molecule has 21 nitrogen and oxygen atoms in total. The van der Waals surface area contributed by atoms with Gasteiger partial charge >= 0.3 is 30.0 Å². The molecule has 0 bridgehead atoms. The van der Waals surface area contributed by atoms with Crippen molar-refractivity contribution in [1.29, 1.82) is 0 Å². The standard InChI is InChI=1S/C69H102N4O17/c1-46(74)87-59-30-28-55-54-26-22-49-44-51(25-27-52(49)53(54)32-33-69(55,59)11)85-42-40-83-38-36-81-35-37-82-39-41-84-50-23-20-47(21-24-50)43-58(73-65(80)86-45-48-17-13-12-14-18-48)61(76)70-34-16-15-19-56(62(77)89-67(5,6)7)71-64(79)72-57(63(78)90-68(8,9)10)29-31-60(75)88-66(2,3)4/h12-14,17-18,20-21,23-25,27,44,53-59,63,78H,15-16,19,22,26,28-43,45H2,1-11H3,(H,70,76)(H,73,80)(H2,71,72,79)/t53-,54-,55+,56-,57-,58-,59+,63+,69+/m0/s1. The molecule has 9 atom stereocenters. The van der Waals surface area contributed by atoms with Gasteiger partial charge in [-0.3, -0.25) is 14.4 Å². The lowest BCUT2D eigenvalue weighted by Crippen LogP contribution is -2.54. The maximum atomic E-state index is 13.8. The minimum absolute atomic E-state index is 0.00228. The Kier molecular flexibility index (Phi) is 28.0. The number of aliphatic hydroxyl groups is 1. The smallest absolute Gasteiger partial charge is 0.408 e. The molecule has 0 spiro atoms. The summed E-state index contributed by atoms with van der Waals surface area (Å²) in [5.74, 6) is 1.40. The fourth-order valence-corrected chi connectivity index (χ4v) is 12.2. The van der Waals surface area contributed by atoms with Gasteiger partial charge in [0.1, 0.15) is 60.7 Å². The summed E-state index contributed by atoms with van der Waals surface area (Å²) in [6.07, 6.45) is 5.14. The highest BCUT2D eigenvalue weighted by molar-refractivity contribution is 5.86. The van der Waals surface area contributed by atoms with Crippen LogP contribution in [-0.4, -0.2) is 148 Å². The van der Waals surface area contributed by atoms with Crippen molar-refractivity contribution in [2.24, 2.45) is 17.3 Å². The molecule has 500 valence electrons. The van der Waals surface area contributed by atoms with Gasteiger partial charge in [-0.15, -0.1) is 0 Å². The van der Waals surface area contributed by atoms with Crippen molar-refractivity contribution in [2.45, 2.75) is 213 Å². The number of aryl methyl sites for hydroxylation is 1. The molecule has 3 aliphatic rings. The van der Waals surface area contributed by atoms with Gasteiger partial charge in [0, 0.05) is 31.7 Å². The summed E-state index contributed by atoms with van der Waals surface area (Å²) in [5.41, 5.74) is 2.05. The second-order valence-electron chi connectivity index (χ2n) is 27.0. The highest BCUT2D eigenvalue weighted by Gasteiger charge is 2.56. The molecule has 0 aliphatic heterocycles. The van der Waals surface area contributed by atoms with Crippen LogP contribution in [0.4, 0.5) is 9.59 Å². The first-order valence-corrected chi connectivity index (χ1v) is 32.1. The van der Waals surface area contributed by atoms with Crippen molar-refractivity contribution < 1.29 is 81.2 Å². The Bertz CT molecular complexity index is 2740. The Morgan fingerprint density at radius 1 is 0.656 bits per heavy atom. The van der Waals surface area contributed by atoms with E-state index in [1.54, 1.807) is 74.4 Å². The lowest BCUT2D eigenvalue weighted by Gasteiger charge is -2.50. The first kappa shape index (κ1) is 72.5. The molecule has 2 fully saturated rings. The molecule has 0 heterocycles. The zero-order valence-corrected chi connectivity index (χ0v) is 55.1. The Morgan fingerprint density at radius 2 is 1.29 bits per heavy atom. The van der Waals surface area contributed by atoms with Crippen molar-refractivity contribution >= 4 is 35.9 Å². The number of unbranched alkanes of at least 4 members (excludes halogenated alkanes) is 1. The third-order valence-corrected chi connectivity index (χ3v) is 16.3. The van der Waals surface area contributed by atoms with Crippen LogP contribution >= 0.6 is 0 Å². The maximum Gasteiger partial charge on any atom is 0.408 e. The van der Waals surface area contributed by atoms with Crippen molar-refractivity contribution in [3.05, 3.63) is 95.1 Å². The molecule has 3 aliphatic carbocycles. The summed E-state index contributed by atoms with van der Waals surface area (Å²) < 4.78 is 57.2. The molecule has 3 aromatic carbocycles. The Morgan fingerprint density at radius 3 is 1.92 bits per heavy atom. The minimum atomic E-state index is -1.50. The van der Waals surface area contributed by atoms with Crippen LogP contribution < -0.4 is 30.7 Å². The largest absolute Gasteiger partial charge is 0.491 e. The minimum Gasteiger partial charge on any atom is -0.491 e. The van der Waals surface area contributed by atoms with Crippen LogP contribution in [0, 0.1) is 17.3 Å². The predicted molar refractivity (Wildman–Crippen MR) is 338 cm³/mol. The molecule has 0 unspecified atom stereocenters. The Labute approximate surface area is 532 Å². The van der Waals surface area contributed by atoms with Gasteiger partial charge in [0.25, 0.3) is 0 Å². The van der Waals surface area contributed by atoms with E-state index in [-0.39, 0.29) is 56.3 Å². The van der Waals surface area contributed by atoms with Gasteiger partial charge in [0.15, 0.2) is 6.29 Å². The molecular weight excluding hydrogens is 1160 g/mol. The molecule has 0 radical (unpaired) electrons. The number of fused-ring (bicyclic) bond motifs is 5. The van der Waals surface area contributed by atoms with Crippen molar-refractivity contribution in [1.82, 2.24) is 21.3 Å². The molecule has 5 N–H and O–H groups in total. The SMILES string of the molecule is CC(=O)O[C@@H]1CC[C@@H]2[C@H]3CCc4cc(OCCOCCOCCOCCOc5ccc(C[C@H](NC(=O)OCc6ccccc6)C(=O)NCCCC[C@H](NC(=O)N[C@@H](CCC(=O)OC(C)(C)C)[C@H](O)OC(C)(C)C)C(=O)OC(C)(C)C)cc5)ccc4[C@@H]3CC[C@]21C. The van der Waals surface area contributed by atoms with Crippen LogP contribution in [0.15, 0.2) is 72.8 Å². The molecule has 90 heavy (non-hydrogen) atoms. The zero-order chi connectivity index (χ0) is 65.5.